The van der Waals surface area contributed by atoms with Crippen LogP contribution >= 0.6 is 0 Å². The van der Waals surface area contributed by atoms with Crippen molar-refractivity contribution in [3.8, 4) is 0 Å². The van der Waals surface area contributed by atoms with Gasteiger partial charge < -0.3 is 20.1 Å². The second-order valence-corrected chi connectivity index (χ2v) is 5.97. The Balaban J connectivity index is 3.18. The monoisotopic (exact) mass is 302 g/mol. The van der Waals surface area contributed by atoms with Crippen molar-refractivity contribution < 1.29 is 14.3 Å². The molecule has 0 unspecified atom stereocenters. The van der Waals surface area contributed by atoms with Crippen LogP contribution in [0.4, 0.5) is 0 Å². The summed E-state index contributed by atoms with van der Waals surface area (Å²) in [5.41, 5.74) is 0. The molecule has 1 amide bonds. The third kappa shape index (κ3) is 17.3. The van der Waals surface area contributed by atoms with E-state index in [9.17, 15) is 4.79 Å². The average Bonchev–Trinajstić information content (AvgIpc) is 2.41. The SMILES string of the molecule is CC(C)CCCNC(=O)CCOCCOCCNC(C)C. The molecule has 0 heterocycles. The molecular formula is C16H34N2O3. The van der Waals surface area contributed by atoms with Gasteiger partial charge in [0.05, 0.1) is 26.4 Å². The quantitative estimate of drug-likeness (QED) is 0.482. The minimum absolute atomic E-state index is 0.0702. The Hall–Kier alpha value is -0.650. The first-order valence-electron chi connectivity index (χ1n) is 8.18. The van der Waals surface area contributed by atoms with E-state index >= 15 is 0 Å². The van der Waals surface area contributed by atoms with Crippen LogP contribution in [0.15, 0.2) is 0 Å². The topological polar surface area (TPSA) is 59.6 Å². The summed E-state index contributed by atoms with van der Waals surface area (Å²) < 4.78 is 10.8. The van der Waals surface area contributed by atoms with Crippen LogP contribution in [-0.2, 0) is 14.3 Å². The van der Waals surface area contributed by atoms with Crippen LogP contribution in [0.2, 0.25) is 0 Å². The maximum Gasteiger partial charge on any atom is 0.222 e. The smallest absolute Gasteiger partial charge is 0.222 e. The van der Waals surface area contributed by atoms with Crippen LogP contribution in [0.25, 0.3) is 0 Å². The summed E-state index contributed by atoms with van der Waals surface area (Å²) in [6.07, 6.45) is 2.62. The molecule has 2 N–H and O–H groups in total. The lowest BCUT2D eigenvalue weighted by Crippen LogP contribution is -2.27. The molecule has 0 atom stereocenters. The van der Waals surface area contributed by atoms with E-state index in [0.29, 0.717) is 44.8 Å². The van der Waals surface area contributed by atoms with Gasteiger partial charge in [-0.3, -0.25) is 4.79 Å². The van der Waals surface area contributed by atoms with Crippen LogP contribution in [0, 0.1) is 5.92 Å². The molecule has 0 aliphatic carbocycles. The fourth-order valence-corrected chi connectivity index (χ4v) is 1.73. The zero-order valence-corrected chi connectivity index (χ0v) is 14.2. The maximum absolute atomic E-state index is 11.5. The van der Waals surface area contributed by atoms with E-state index in [1.165, 1.54) is 0 Å². The number of carbonyl (C=O) groups excluding carboxylic acids is 1. The van der Waals surface area contributed by atoms with Gasteiger partial charge in [-0.25, -0.2) is 0 Å². The molecule has 0 saturated heterocycles. The lowest BCUT2D eigenvalue weighted by atomic mass is 10.1. The molecule has 0 aliphatic heterocycles. The summed E-state index contributed by atoms with van der Waals surface area (Å²) in [6, 6.07) is 0.490. The Morgan fingerprint density at radius 3 is 2.24 bits per heavy atom. The fourth-order valence-electron chi connectivity index (χ4n) is 1.73. The minimum Gasteiger partial charge on any atom is -0.379 e. The van der Waals surface area contributed by atoms with Crippen molar-refractivity contribution in [2.45, 2.75) is 53.0 Å². The van der Waals surface area contributed by atoms with Crippen LogP contribution in [-0.4, -0.2) is 51.5 Å². The summed E-state index contributed by atoms with van der Waals surface area (Å²) in [4.78, 5) is 11.5. The van der Waals surface area contributed by atoms with Crippen molar-refractivity contribution in [2.24, 2.45) is 5.92 Å². The molecule has 126 valence electrons. The number of ether oxygens (including phenoxy) is 2. The molecule has 0 aromatic rings. The molecule has 0 aromatic heterocycles. The number of hydrogen-bond acceptors (Lipinski definition) is 4. The van der Waals surface area contributed by atoms with Crippen molar-refractivity contribution in [2.75, 3.05) is 39.5 Å². The fraction of sp³-hybridized carbons (Fsp3) is 0.938. The molecule has 0 aliphatic rings. The van der Waals surface area contributed by atoms with E-state index in [-0.39, 0.29) is 5.91 Å². The first kappa shape index (κ1) is 20.3. The highest BCUT2D eigenvalue weighted by Crippen LogP contribution is 2.01. The molecule has 5 nitrogen and oxygen atoms in total. The van der Waals surface area contributed by atoms with Gasteiger partial charge in [0.1, 0.15) is 0 Å². The summed E-state index contributed by atoms with van der Waals surface area (Å²) in [7, 11) is 0. The van der Waals surface area contributed by atoms with Crippen LogP contribution in [0.1, 0.15) is 47.0 Å². The van der Waals surface area contributed by atoms with Gasteiger partial charge in [-0.15, -0.1) is 0 Å². The van der Waals surface area contributed by atoms with Crippen molar-refractivity contribution in [3.05, 3.63) is 0 Å². The van der Waals surface area contributed by atoms with Gasteiger partial charge in [-0.1, -0.05) is 27.7 Å². The lowest BCUT2D eigenvalue weighted by molar-refractivity contribution is -0.122. The Kier molecular flexibility index (Phi) is 13.9. The van der Waals surface area contributed by atoms with Crippen molar-refractivity contribution >= 4 is 5.91 Å². The summed E-state index contributed by atoms with van der Waals surface area (Å²) in [6.45, 7) is 12.5. The highest BCUT2D eigenvalue weighted by atomic mass is 16.5. The molecule has 0 bridgehead atoms. The van der Waals surface area contributed by atoms with E-state index in [0.717, 1.165) is 25.9 Å². The minimum atomic E-state index is 0.0702. The van der Waals surface area contributed by atoms with Gasteiger partial charge in [0.15, 0.2) is 0 Å². The van der Waals surface area contributed by atoms with Gasteiger partial charge >= 0.3 is 0 Å². The standard InChI is InChI=1S/C16H34N2O3/c1-14(2)6-5-8-18-16(19)7-10-20-12-13-21-11-9-17-15(3)4/h14-15,17H,5-13H2,1-4H3,(H,18,19). The summed E-state index contributed by atoms with van der Waals surface area (Å²) in [5.74, 6) is 0.766. The molecule has 0 saturated carbocycles. The predicted octanol–water partition coefficient (Wildman–Crippen LogP) is 1.96. The van der Waals surface area contributed by atoms with Crippen LogP contribution in [0.3, 0.4) is 0 Å². The first-order chi connectivity index (χ1) is 10.0. The second-order valence-electron chi connectivity index (χ2n) is 5.97. The van der Waals surface area contributed by atoms with E-state index in [4.69, 9.17) is 9.47 Å². The summed E-state index contributed by atoms with van der Waals surface area (Å²) >= 11 is 0. The third-order valence-electron chi connectivity index (χ3n) is 2.92. The van der Waals surface area contributed by atoms with Gasteiger partial charge in [-0.05, 0) is 18.8 Å². The van der Waals surface area contributed by atoms with Gasteiger partial charge in [0.2, 0.25) is 5.91 Å². The highest BCUT2D eigenvalue weighted by Gasteiger charge is 2.01. The van der Waals surface area contributed by atoms with Gasteiger partial charge in [0, 0.05) is 25.6 Å². The van der Waals surface area contributed by atoms with Crippen molar-refractivity contribution in [1.29, 1.82) is 0 Å². The molecular weight excluding hydrogens is 268 g/mol. The second kappa shape index (κ2) is 14.3. The molecule has 0 fully saturated rings. The molecule has 0 aromatic carbocycles. The lowest BCUT2D eigenvalue weighted by Gasteiger charge is -2.09. The number of amides is 1. The zero-order valence-electron chi connectivity index (χ0n) is 14.2. The number of hydrogen-bond donors (Lipinski definition) is 2. The van der Waals surface area contributed by atoms with Crippen molar-refractivity contribution in [3.63, 3.8) is 0 Å². The first-order valence-corrected chi connectivity index (χ1v) is 8.18. The molecule has 0 rings (SSSR count). The highest BCUT2D eigenvalue weighted by molar-refractivity contribution is 5.75. The van der Waals surface area contributed by atoms with Crippen LogP contribution in [0.5, 0.6) is 0 Å². The molecule has 0 radical (unpaired) electrons. The largest absolute Gasteiger partial charge is 0.379 e. The molecule has 21 heavy (non-hydrogen) atoms. The zero-order chi connectivity index (χ0) is 15.9. The maximum atomic E-state index is 11.5. The predicted molar refractivity (Wildman–Crippen MR) is 86.5 cm³/mol. The molecule has 5 heteroatoms. The molecule has 0 spiro atoms. The average molecular weight is 302 g/mol. The van der Waals surface area contributed by atoms with E-state index in [1.54, 1.807) is 0 Å². The van der Waals surface area contributed by atoms with E-state index in [2.05, 4.69) is 38.3 Å². The Morgan fingerprint density at radius 1 is 0.952 bits per heavy atom. The number of nitrogens with one attached hydrogen (secondary N) is 2. The Morgan fingerprint density at radius 2 is 1.62 bits per heavy atom. The van der Waals surface area contributed by atoms with Crippen molar-refractivity contribution in [1.82, 2.24) is 10.6 Å². The van der Waals surface area contributed by atoms with Gasteiger partial charge in [-0.2, -0.15) is 0 Å². The van der Waals surface area contributed by atoms with Crippen LogP contribution < -0.4 is 10.6 Å². The Labute approximate surface area is 130 Å². The normalized spacial score (nSPS) is 11.3. The van der Waals surface area contributed by atoms with E-state index < -0.39 is 0 Å². The van der Waals surface area contributed by atoms with E-state index in [1.807, 2.05) is 0 Å². The summed E-state index contributed by atoms with van der Waals surface area (Å²) in [5, 5.41) is 6.18. The van der Waals surface area contributed by atoms with Gasteiger partial charge in [0.25, 0.3) is 0 Å². The third-order valence-corrected chi connectivity index (χ3v) is 2.92. The Bertz CT molecular complexity index is 246. The number of carbonyl (C=O) groups is 1. The number of rotatable bonds is 14.